The van der Waals surface area contributed by atoms with E-state index < -0.39 is 0 Å². The van der Waals surface area contributed by atoms with E-state index in [1.807, 2.05) is 37.8 Å². The smallest absolute Gasteiger partial charge is 0.110 e. The third-order valence-electron chi connectivity index (χ3n) is 2.67. The maximum atomic E-state index is 4.24. The first-order chi connectivity index (χ1) is 8.18. The molecule has 2 heterocycles. The summed E-state index contributed by atoms with van der Waals surface area (Å²) in [6.45, 7) is 7.12. The van der Waals surface area contributed by atoms with Crippen molar-refractivity contribution in [1.82, 2.24) is 19.9 Å². The van der Waals surface area contributed by atoms with Crippen LogP contribution in [0.25, 0.3) is 5.69 Å². The molecule has 0 fully saturated rings. The van der Waals surface area contributed by atoms with Crippen LogP contribution in [-0.2, 0) is 6.54 Å². The van der Waals surface area contributed by atoms with Crippen LogP contribution in [0, 0.1) is 6.92 Å². The molecule has 0 amide bonds. The summed E-state index contributed by atoms with van der Waals surface area (Å²) < 4.78 is 2.06. The first-order valence-electron chi connectivity index (χ1n) is 5.85. The molecule has 2 aromatic heterocycles. The van der Waals surface area contributed by atoms with E-state index in [-0.39, 0.29) is 0 Å². The average Bonchev–Trinajstić information content (AvgIpc) is 2.73. The highest BCUT2D eigenvalue weighted by Gasteiger charge is 2.07. The molecule has 2 aromatic rings. The summed E-state index contributed by atoms with van der Waals surface area (Å²) >= 11 is 0. The van der Waals surface area contributed by atoms with Crippen LogP contribution in [0.15, 0.2) is 30.9 Å². The summed E-state index contributed by atoms with van der Waals surface area (Å²) in [4.78, 5) is 8.44. The van der Waals surface area contributed by atoms with E-state index >= 15 is 0 Å². The van der Waals surface area contributed by atoms with Crippen LogP contribution in [0.3, 0.4) is 0 Å². The lowest BCUT2D eigenvalue weighted by Gasteiger charge is -2.13. The van der Waals surface area contributed by atoms with Gasteiger partial charge in [-0.05, 0) is 18.6 Å². The monoisotopic (exact) mass is 230 g/mol. The second-order valence-corrected chi connectivity index (χ2v) is 4.38. The topological polar surface area (TPSA) is 42.7 Å². The molecule has 0 bridgehead atoms. The maximum Gasteiger partial charge on any atom is 0.110 e. The number of hydrogen-bond donors (Lipinski definition) is 1. The van der Waals surface area contributed by atoms with E-state index in [1.54, 1.807) is 0 Å². The number of nitrogens with one attached hydrogen (secondary N) is 1. The van der Waals surface area contributed by atoms with E-state index in [4.69, 9.17) is 0 Å². The second kappa shape index (κ2) is 5.10. The van der Waals surface area contributed by atoms with Gasteiger partial charge in [0.25, 0.3) is 0 Å². The molecule has 0 aliphatic carbocycles. The number of pyridine rings is 1. The third-order valence-corrected chi connectivity index (χ3v) is 2.67. The van der Waals surface area contributed by atoms with Gasteiger partial charge in [0.2, 0.25) is 0 Å². The van der Waals surface area contributed by atoms with Gasteiger partial charge in [0.05, 0.1) is 11.9 Å². The van der Waals surface area contributed by atoms with Gasteiger partial charge in [0.1, 0.15) is 5.82 Å². The Bertz CT molecular complexity index is 488. The Morgan fingerprint density at radius 1 is 1.35 bits per heavy atom. The molecule has 90 valence electrons. The molecule has 0 saturated heterocycles. The largest absolute Gasteiger partial charge is 0.310 e. The molecule has 0 aliphatic heterocycles. The van der Waals surface area contributed by atoms with Crippen molar-refractivity contribution in [3.8, 4) is 5.69 Å². The van der Waals surface area contributed by atoms with Gasteiger partial charge in [0, 0.05) is 31.2 Å². The molecule has 1 N–H and O–H groups in total. The van der Waals surface area contributed by atoms with Crippen LogP contribution >= 0.6 is 0 Å². The fourth-order valence-corrected chi connectivity index (χ4v) is 1.73. The van der Waals surface area contributed by atoms with Crippen molar-refractivity contribution in [2.24, 2.45) is 0 Å². The number of rotatable bonds is 4. The molecule has 0 spiro atoms. The molecule has 0 aromatic carbocycles. The fraction of sp³-hybridized carbons (Fsp3) is 0.385. The minimum atomic E-state index is 0.472. The van der Waals surface area contributed by atoms with Gasteiger partial charge < -0.3 is 9.88 Å². The lowest BCUT2D eigenvalue weighted by molar-refractivity contribution is 0.587. The van der Waals surface area contributed by atoms with Crippen molar-refractivity contribution in [1.29, 1.82) is 0 Å². The van der Waals surface area contributed by atoms with E-state index in [0.29, 0.717) is 6.04 Å². The summed E-state index contributed by atoms with van der Waals surface area (Å²) in [6, 6.07) is 2.52. The summed E-state index contributed by atoms with van der Waals surface area (Å²) in [5, 5.41) is 3.42. The number of hydrogen-bond acceptors (Lipinski definition) is 3. The van der Waals surface area contributed by atoms with Crippen LogP contribution in [0.1, 0.15) is 25.2 Å². The van der Waals surface area contributed by atoms with Crippen molar-refractivity contribution < 1.29 is 0 Å². The molecule has 17 heavy (non-hydrogen) atoms. The van der Waals surface area contributed by atoms with Gasteiger partial charge in [-0.25, -0.2) is 4.98 Å². The Kier molecular flexibility index (Phi) is 3.54. The van der Waals surface area contributed by atoms with Gasteiger partial charge in [-0.2, -0.15) is 0 Å². The average molecular weight is 230 g/mol. The molecular weight excluding hydrogens is 212 g/mol. The van der Waals surface area contributed by atoms with Crippen molar-refractivity contribution in [2.75, 3.05) is 0 Å². The van der Waals surface area contributed by atoms with E-state index in [9.17, 15) is 0 Å². The van der Waals surface area contributed by atoms with E-state index in [2.05, 4.69) is 33.7 Å². The van der Waals surface area contributed by atoms with E-state index in [1.165, 1.54) is 5.56 Å². The van der Waals surface area contributed by atoms with Gasteiger partial charge in [-0.3, -0.25) is 4.98 Å². The van der Waals surface area contributed by atoms with Crippen LogP contribution in [0.5, 0.6) is 0 Å². The van der Waals surface area contributed by atoms with Crippen LogP contribution in [-0.4, -0.2) is 20.6 Å². The van der Waals surface area contributed by atoms with Crippen molar-refractivity contribution in [3.63, 3.8) is 0 Å². The SMILES string of the molecule is Cc1nccn1-c1cnccc1CNC(C)C. The third kappa shape index (κ3) is 2.71. The first-order valence-corrected chi connectivity index (χ1v) is 5.85. The molecule has 4 heteroatoms. The highest BCUT2D eigenvalue weighted by molar-refractivity contribution is 5.39. The number of nitrogens with zero attached hydrogens (tertiary/aromatic N) is 3. The molecule has 0 atom stereocenters. The van der Waals surface area contributed by atoms with Crippen molar-refractivity contribution >= 4 is 0 Å². The highest BCUT2D eigenvalue weighted by atomic mass is 15.1. The second-order valence-electron chi connectivity index (χ2n) is 4.38. The highest BCUT2D eigenvalue weighted by Crippen LogP contribution is 2.14. The lowest BCUT2D eigenvalue weighted by Crippen LogP contribution is -2.22. The quantitative estimate of drug-likeness (QED) is 0.874. The molecule has 0 radical (unpaired) electrons. The Balaban J connectivity index is 2.31. The van der Waals surface area contributed by atoms with Crippen molar-refractivity contribution in [2.45, 2.75) is 33.4 Å². The number of imidazole rings is 1. The fourth-order valence-electron chi connectivity index (χ4n) is 1.73. The Morgan fingerprint density at radius 3 is 2.82 bits per heavy atom. The Labute approximate surface area is 102 Å². The number of aryl methyl sites for hydroxylation is 1. The zero-order valence-corrected chi connectivity index (χ0v) is 10.5. The van der Waals surface area contributed by atoms with Gasteiger partial charge in [-0.15, -0.1) is 0 Å². The van der Waals surface area contributed by atoms with Crippen LogP contribution in [0.2, 0.25) is 0 Å². The Hall–Kier alpha value is -1.68. The van der Waals surface area contributed by atoms with Crippen molar-refractivity contribution in [3.05, 3.63) is 42.2 Å². The maximum absolute atomic E-state index is 4.24. The van der Waals surface area contributed by atoms with Gasteiger partial charge in [-0.1, -0.05) is 13.8 Å². The summed E-state index contributed by atoms with van der Waals surface area (Å²) in [7, 11) is 0. The minimum Gasteiger partial charge on any atom is -0.310 e. The summed E-state index contributed by atoms with van der Waals surface area (Å²) in [5.41, 5.74) is 2.32. The standard InChI is InChI=1S/C13H18N4/c1-10(2)16-8-12-4-5-14-9-13(12)17-7-6-15-11(17)3/h4-7,9-10,16H,8H2,1-3H3. The summed E-state index contributed by atoms with van der Waals surface area (Å²) in [6.07, 6.45) is 7.48. The summed E-state index contributed by atoms with van der Waals surface area (Å²) in [5.74, 6) is 0.976. The zero-order valence-electron chi connectivity index (χ0n) is 10.5. The Morgan fingerprint density at radius 2 is 2.18 bits per heavy atom. The van der Waals surface area contributed by atoms with Gasteiger partial charge >= 0.3 is 0 Å². The molecule has 2 rings (SSSR count). The molecule has 0 unspecified atom stereocenters. The molecule has 0 saturated carbocycles. The number of aromatic nitrogens is 3. The lowest BCUT2D eigenvalue weighted by atomic mass is 10.2. The predicted molar refractivity (Wildman–Crippen MR) is 68.1 cm³/mol. The normalized spacial score (nSPS) is 11.1. The van der Waals surface area contributed by atoms with Crippen LogP contribution in [0.4, 0.5) is 0 Å². The van der Waals surface area contributed by atoms with Crippen LogP contribution < -0.4 is 5.32 Å². The van der Waals surface area contributed by atoms with Gasteiger partial charge in [0.15, 0.2) is 0 Å². The van der Waals surface area contributed by atoms with E-state index in [0.717, 1.165) is 18.1 Å². The molecular formula is C13H18N4. The molecule has 0 aliphatic rings. The minimum absolute atomic E-state index is 0.472. The molecule has 4 nitrogen and oxygen atoms in total. The first kappa shape index (κ1) is 11.8. The predicted octanol–water partition coefficient (Wildman–Crippen LogP) is 2.07. The zero-order chi connectivity index (χ0) is 12.3.